The number of aliphatic carboxylic acids is 1. The summed E-state index contributed by atoms with van der Waals surface area (Å²) in [5.74, 6) is -0.398. The van der Waals surface area contributed by atoms with E-state index in [1.165, 1.54) is 12.1 Å². The summed E-state index contributed by atoms with van der Waals surface area (Å²) >= 11 is 0. The molecule has 0 aliphatic heterocycles. The zero-order chi connectivity index (χ0) is 14.7. The number of hydrogen-bond acceptors (Lipinski definition) is 2. The van der Waals surface area contributed by atoms with Crippen molar-refractivity contribution in [1.29, 1.82) is 0 Å². The van der Waals surface area contributed by atoms with Crippen molar-refractivity contribution in [3.05, 3.63) is 29.6 Å². The number of benzene rings is 1. The second kappa shape index (κ2) is 6.25. The molecule has 2 rings (SSSR count). The summed E-state index contributed by atoms with van der Waals surface area (Å²) in [4.78, 5) is 11.5. The first-order valence-corrected chi connectivity index (χ1v) is 7.22. The van der Waals surface area contributed by atoms with Gasteiger partial charge < -0.3 is 10.4 Å². The highest BCUT2D eigenvalue weighted by atomic mass is 19.1. The van der Waals surface area contributed by atoms with Crippen molar-refractivity contribution in [2.45, 2.75) is 45.6 Å². The van der Waals surface area contributed by atoms with Crippen LogP contribution in [0.4, 0.5) is 10.1 Å². The normalized spacial score (nSPS) is 24.1. The van der Waals surface area contributed by atoms with Crippen LogP contribution in [0.2, 0.25) is 0 Å². The van der Waals surface area contributed by atoms with Crippen molar-refractivity contribution < 1.29 is 14.3 Å². The third-order valence-electron chi connectivity index (χ3n) is 4.16. The Morgan fingerprint density at radius 2 is 1.95 bits per heavy atom. The molecule has 2 N–H and O–H groups in total. The number of halogens is 1. The van der Waals surface area contributed by atoms with Gasteiger partial charge in [0, 0.05) is 5.69 Å². The predicted molar refractivity (Wildman–Crippen MR) is 77.3 cm³/mol. The van der Waals surface area contributed by atoms with Gasteiger partial charge in [-0.05, 0) is 55.4 Å². The van der Waals surface area contributed by atoms with Gasteiger partial charge in [0.1, 0.15) is 11.9 Å². The Morgan fingerprint density at radius 3 is 2.50 bits per heavy atom. The molecule has 0 heterocycles. The number of nitrogens with one attached hydrogen (secondary N) is 1. The SMILES string of the molecule is Cc1cc(F)cc(NC(C(=O)O)C2CCC(C)CC2)c1. The zero-order valence-electron chi connectivity index (χ0n) is 12.0. The van der Waals surface area contributed by atoms with E-state index in [4.69, 9.17) is 0 Å². The molecule has 1 fully saturated rings. The highest BCUT2D eigenvalue weighted by molar-refractivity contribution is 5.77. The monoisotopic (exact) mass is 279 g/mol. The Morgan fingerprint density at radius 1 is 1.30 bits per heavy atom. The Hall–Kier alpha value is -1.58. The Kier molecular flexibility index (Phi) is 4.63. The highest BCUT2D eigenvalue weighted by Gasteiger charge is 2.31. The minimum absolute atomic E-state index is 0.118. The van der Waals surface area contributed by atoms with Gasteiger partial charge in [-0.2, -0.15) is 0 Å². The first kappa shape index (κ1) is 14.8. The summed E-state index contributed by atoms with van der Waals surface area (Å²) in [5, 5.41) is 12.4. The summed E-state index contributed by atoms with van der Waals surface area (Å²) in [7, 11) is 0. The minimum Gasteiger partial charge on any atom is -0.480 e. The molecule has 0 spiro atoms. The smallest absolute Gasteiger partial charge is 0.326 e. The molecule has 0 bridgehead atoms. The lowest BCUT2D eigenvalue weighted by molar-refractivity contribution is -0.139. The lowest BCUT2D eigenvalue weighted by atomic mass is 9.79. The van der Waals surface area contributed by atoms with Crippen LogP contribution in [0.15, 0.2) is 18.2 Å². The first-order chi connectivity index (χ1) is 9.45. The molecule has 0 amide bonds. The standard InChI is InChI=1S/C16H22FNO2/c1-10-3-5-12(6-4-10)15(16(19)20)18-14-8-11(2)7-13(17)9-14/h7-10,12,15,18H,3-6H2,1-2H3,(H,19,20). The summed E-state index contributed by atoms with van der Waals surface area (Å²) in [6, 6.07) is 3.94. The van der Waals surface area contributed by atoms with Gasteiger partial charge in [-0.15, -0.1) is 0 Å². The molecule has 0 aromatic heterocycles. The van der Waals surface area contributed by atoms with Crippen molar-refractivity contribution >= 4 is 11.7 Å². The number of hydrogen-bond donors (Lipinski definition) is 2. The highest BCUT2D eigenvalue weighted by Crippen LogP contribution is 2.32. The molecule has 1 aliphatic rings. The average molecular weight is 279 g/mol. The molecule has 1 aromatic carbocycles. The van der Waals surface area contributed by atoms with Crippen LogP contribution in [0.25, 0.3) is 0 Å². The fourth-order valence-electron chi connectivity index (χ4n) is 3.00. The van der Waals surface area contributed by atoms with Crippen molar-refractivity contribution in [2.24, 2.45) is 11.8 Å². The van der Waals surface area contributed by atoms with Crippen LogP contribution < -0.4 is 5.32 Å². The van der Waals surface area contributed by atoms with Gasteiger partial charge in [0.25, 0.3) is 0 Å². The third-order valence-corrected chi connectivity index (χ3v) is 4.16. The van der Waals surface area contributed by atoms with Crippen molar-refractivity contribution in [3.63, 3.8) is 0 Å². The molecule has 0 saturated heterocycles. The van der Waals surface area contributed by atoms with Gasteiger partial charge in [-0.1, -0.05) is 19.8 Å². The maximum atomic E-state index is 13.4. The van der Waals surface area contributed by atoms with E-state index in [1.807, 2.05) is 0 Å². The van der Waals surface area contributed by atoms with E-state index in [0.29, 0.717) is 11.6 Å². The number of carboxylic acid groups (broad SMARTS) is 1. The molecule has 4 heteroatoms. The maximum absolute atomic E-state index is 13.4. The Bertz CT molecular complexity index is 461. The number of anilines is 1. The third kappa shape index (κ3) is 3.71. The summed E-state index contributed by atoms with van der Waals surface area (Å²) in [5.41, 5.74) is 1.34. The topological polar surface area (TPSA) is 49.3 Å². The van der Waals surface area contributed by atoms with Crippen LogP contribution in [-0.4, -0.2) is 17.1 Å². The fraction of sp³-hybridized carbons (Fsp3) is 0.562. The average Bonchev–Trinajstić information content (AvgIpc) is 2.36. The van der Waals surface area contributed by atoms with E-state index in [-0.39, 0.29) is 11.7 Å². The lowest BCUT2D eigenvalue weighted by Crippen LogP contribution is -2.38. The molecule has 1 unspecified atom stereocenters. The quantitative estimate of drug-likeness (QED) is 0.880. The number of rotatable bonds is 4. The van der Waals surface area contributed by atoms with E-state index in [1.54, 1.807) is 13.0 Å². The Labute approximate surface area is 119 Å². The number of carbonyl (C=O) groups is 1. The number of aryl methyl sites for hydroxylation is 1. The molecule has 110 valence electrons. The largest absolute Gasteiger partial charge is 0.480 e. The molecular formula is C16H22FNO2. The molecule has 1 aromatic rings. The van der Waals surface area contributed by atoms with Gasteiger partial charge >= 0.3 is 5.97 Å². The van der Waals surface area contributed by atoms with E-state index < -0.39 is 12.0 Å². The van der Waals surface area contributed by atoms with Gasteiger partial charge in [0.2, 0.25) is 0 Å². The van der Waals surface area contributed by atoms with Crippen LogP contribution >= 0.6 is 0 Å². The molecule has 20 heavy (non-hydrogen) atoms. The second-order valence-corrected chi connectivity index (χ2v) is 6.00. The zero-order valence-corrected chi connectivity index (χ0v) is 12.0. The number of carboxylic acids is 1. The van der Waals surface area contributed by atoms with Gasteiger partial charge in [0.15, 0.2) is 0 Å². The maximum Gasteiger partial charge on any atom is 0.326 e. The molecule has 0 radical (unpaired) electrons. The summed E-state index contributed by atoms with van der Waals surface area (Å²) in [6.07, 6.45) is 3.97. The Balaban J connectivity index is 2.11. The molecule has 1 atom stereocenters. The van der Waals surface area contributed by atoms with Crippen LogP contribution in [0, 0.1) is 24.6 Å². The van der Waals surface area contributed by atoms with Gasteiger partial charge in [0.05, 0.1) is 0 Å². The minimum atomic E-state index is -0.855. The van der Waals surface area contributed by atoms with Crippen molar-refractivity contribution in [3.8, 4) is 0 Å². The predicted octanol–water partition coefficient (Wildman–Crippen LogP) is 3.83. The summed E-state index contributed by atoms with van der Waals surface area (Å²) in [6.45, 7) is 4.00. The fourth-order valence-corrected chi connectivity index (χ4v) is 3.00. The van der Waals surface area contributed by atoms with E-state index in [2.05, 4.69) is 12.2 Å². The van der Waals surface area contributed by atoms with Crippen LogP contribution in [-0.2, 0) is 4.79 Å². The van der Waals surface area contributed by atoms with E-state index >= 15 is 0 Å². The second-order valence-electron chi connectivity index (χ2n) is 6.00. The molecule has 1 aliphatic carbocycles. The van der Waals surface area contributed by atoms with Crippen molar-refractivity contribution in [1.82, 2.24) is 0 Å². The molecule has 3 nitrogen and oxygen atoms in total. The lowest BCUT2D eigenvalue weighted by Gasteiger charge is -2.31. The van der Waals surface area contributed by atoms with Crippen LogP contribution in [0.3, 0.4) is 0 Å². The molecular weight excluding hydrogens is 257 g/mol. The molecule has 1 saturated carbocycles. The van der Waals surface area contributed by atoms with Gasteiger partial charge in [-0.25, -0.2) is 9.18 Å². The summed E-state index contributed by atoms with van der Waals surface area (Å²) < 4.78 is 13.4. The van der Waals surface area contributed by atoms with Crippen LogP contribution in [0.1, 0.15) is 38.2 Å². The van der Waals surface area contributed by atoms with Crippen molar-refractivity contribution in [2.75, 3.05) is 5.32 Å². The van der Waals surface area contributed by atoms with Gasteiger partial charge in [-0.3, -0.25) is 0 Å². The first-order valence-electron chi connectivity index (χ1n) is 7.22. The van der Waals surface area contributed by atoms with Crippen LogP contribution in [0.5, 0.6) is 0 Å². The van der Waals surface area contributed by atoms with E-state index in [0.717, 1.165) is 31.2 Å². The van der Waals surface area contributed by atoms with E-state index in [9.17, 15) is 14.3 Å².